The number of benzene rings is 7. The Morgan fingerprint density at radius 1 is 0.417 bits per heavy atom. The standard InChI is InChI=1S/C58H54N2/c1-5-21-43(22-6-1)57-51-37-35-47(59(45-27-9-3-10-28-45)55-33-17-25-41-19-13-15-31-49(41)55)39-53(51)58(44-23-7-2-8-24-44)54-40-48(36-38-52(54)57)60(46-29-11-4-12-30-46)56-34-18-26-42-20-14-16-32-50(42)56/h3-4,9-20,25-40,43-44,49,55H,1-2,5-8,21-24H2. The van der Waals surface area contributed by atoms with Crippen LogP contribution in [0, 0.1) is 5.92 Å². The number of allylic oxidation sites excluding steroid dienone is 5. The van der Waals surface area contributed by atoms with Crippen LogP contribution in [0.1, 0.15) is 87.2 Å². The summed E-state index contributed by atoms with van der Waals surface area (Å²) in [5.74, 6) is 1.35. The van der Waals surface area contributed by atoms with E-state index in [1.165, 1.54) is 131 Å². The summed E-state index contributed by atoms with van der Waals surface area (Å²) >= 11 is 0. The first-order valence-electron chi connectivity index (χ1n) is 22.7. The molecule has 4 aliphatic rings. The van der Waals surface area contributed by atoms with Crippen LogP contribution in [0.4, 0.5) is 28.4 Å². The second-order valence-electron chi connectivity index (χ2n) is 17.6. The molecular weight excluding hydrogens is 725 g/mol. The minimum atomic E-state index is 0.161. The van der Waals surface area contributed by atoms with Crippen molar-refractivity contribution in [3.05, 3.63) is 199 Å². The zero-order chi connectivity index (χ0) is 39.8. The van der Waals surface area contributed by atoms with Crippen molar-refractivity contribution in [1.82, 2.24) is 0 Å². The van der Waals surface area contributed by atoms with Gasteiger partial charge >= 0.3 is 0 Å². The van der Waals surface area contributed by atoms with Crippen LogP contribution in [0.15, 0.2) is 188 Å². The SMILES string of the molecule is C1=CC2=CC=CC(N(c3ccccc3)c3ccc4c(C5CCCCC5)c5ccc(N(c6ccccc6)c6cccc7ccccc67)cc5c(C5CCCCC5)c4c3)C2C=C1. The summed E-state index contributed by atoms with van der Waals surface area (Å²) in [4.78, 5) is 5.14. The molecule has 0 spiro atoms. The molecule has 4 aliphatic carbocycles. The Morgan fingerprint density at radius 2 is 1.02 bits per heavy atom. The molecule has 2 heteroatoms. The summed E-state index contributed by atoms with van der Waals surface area (Å²) in [5.41, 5.74) is 10.7. The van der Waals surface area contributed by atoms with E-state index >= 15 is 0 Å². The van der Waals surface area contributed by atoms with E-state index < -0.39 is 0 Å². The Kier molecular flexibility index (Phi) is 9.94. The van der Waals surface area contributed by atoms with Crippen molar-refractivity contribution in [3.8, 4) is 0 Å². The quantitative estimate of drug-likeness (QED) is 0.142. The summed E-state index contributed by atoms with van der Waals surface area (Å²) < 4.78 is 0. The minimum absolute atomic E-state index is 0.161. The molecule has 0 amide bonds. The van der Waals surface area contributed by atoms with Crippen LogP contribution >= 0.6 is 0 Å². The van der Waals surface area contributed by atoms with Crippen molar-refractivity contribution in [2.75, 3.05) is 9.80 Å². The predicted molar refractivity (Wildman–Crippen MR) is 257 cm³/mol. The van der Waals surface area contributed by atoms with Crippen molar-refractivity contribution >= 4 is 60.8 Å². The molecule has 0 radical (unpaired) electrons. The van der Waals surface area contributed by atoms with Crippen molar-refractivity contribution < 1.29 is 0 Å². The van der Waals surface area contributed by atoms with E-state index in [1.54, 1.807) is 11.1 Å². The lowest BCUT2D eigenvalue weighted by Crippen LogP contribution is -2.37. The van der Waals surface area contributed by atoms with Crippen molar-refractivity contribution in [2.24, 2.45) is 5.92 Å². The smallest absolute Gasteiger partial charge is 0.0628 e. The molecule has 0 bridgehead atoms. The van der Waals surface area contributed by atoms with Crippen LogP contribution in [0.2, 0.25) is 0 Å². The van der Waals surface area contributed by atoms with Crippen LogP contribution in [-0.4, -0.2) is 6.04 Å². The minimum Gasteiger partial charge on any atom is -0.334 e. The zero-order valence-corrected chi connectivity index (χ0v) is 34.6. The van der Waals surface area contributed by atoms with Gasteiger partial charge in [-0.05, 0) is 136 Å². The second-order valence-corrected chi connectivity index (χ2v) is 17.6. The Hall–Kier alpha value is -6.12. The van der Waals surface area contributed by atoms with E-state index in [-0.39, 0.29) is 12.0 Å². The van der Waals surface area contributed by atoms with Gasteiger partial charge in [0.1, 0.15) is 0 Å². The van der Waals surface area contributed by atoms with Gasteiger partial charge in [-0.25, -0.2) is 0 Å². The highest BCUT2D eigenvalue weighted by Crippen LogP contribution is 2.50. The molecule has 7 aromatic rings. The summed E-state index contributed by atoms with van der Waals surface area (Å²) in [7, 11) is 0. The van der Waals surface area contributed by atoms with Gasteiger partial charge in [-0.2, -0.15) is 0 Å². The van der Waals surface area contributed by atoms with Gasteiger partial charge in [-0.3, -0.25) is 0 Å². The zero-order valence-electron chi connectivity index (χ0n) is 34.6. The number of fused-ring (bicyclic) bond motifs is 4. The van der Waals surface area contributed by atoms with Crippen LogP contribution in [0.3, 0.4) is 0 Å². The van der Waals surface area contributed by atoms with Gasteiger partial charge in [0, 0.05) is 34.1 Å². The molecule has 296 valence electrons. The van der Waals surface area contributed by atoms with Crippen LogP contribution in [-0.2, 0) is 0 Å². The largest absolute Gasteiger partial charge is 0.334 e. The Bertz CT molecular complexity index is 2790. The molecule has 2 atom stereocenters. The van der Waals surface area contributed by atoms with Crippen molar-refractivity contribution in [1.29, 1.82) is 0 Å². The lowest BCUT2D eigenvalue weighted by Gasteiger charge is -2.39. The third-order valence-corrected chi connectivity index (χ3v) is 14.2. The lowest BCUT2D eigenvalue weighted by atomic mass is 9.74. The summed E-state index contributed by atoms with van der Waals surface area (Å²) in [6.45, 7) is 0. The first-order valence-corrected chi connectivity index (χ1v) is 22.7. The number of hydrogen-bond donors (Lipinski definition) is 0. The maximum atomic E-state index is 2.63. The van der Waals surface area contributed by atoms with Gasteiger partial charge in [0.25, 0.3) is 0 Å². The van der Waals surface area contributed by atoms with Crippen LogP contribution < -0.4 is 9.80 Å². The molecule has 60 heavy (non-hydrogen) atoms. The number of nitrogens with zero attached hydrogens (tertiary/aromatic N) is 2. The Morgan fingerprint density at radius 3 is 1.73 bits per heavy atom. The van der Waals surface area contributed by atoms with E-state index in [0.717, 1.165) is 0 Å². The van der Waals surface area contributed by atoms with E-state index in [9.17, 15) is 0 Å². The van der Waals surface area contributed by atoms with Gasteiger partial charge in [-0.1, -0.05) is 166 Å². The molecule has 0 N–H and O–H groups in total. The molecule has 11 rings (SSSR count). The van der Waals surface area contributed by atoms with E-state index in [0.29, 0.717) is 11.8 Å². The molecular formula is C58H54N2. The normalized spacial score (nSPS) is 19.4. The van der Waals surface area contributed by atoms with E-state index in [1.807, 2.05) is 0 Å². The third kappa shape index (κ3) is 6.67. The number of anilines is 5. The van der Waals surface area contributed by atoms with E-state index in [4.69, 9.17) is 0 Å². The molecule has 0 saturated heterocycles. The molecule has 0 aliphatic heterocycles. The highest BCUT2D eigenvalue weighted by atomic mass is 15.2. The van der Waals surface area contributed by atoms with Crippen LogP contribution in [0.25, 0.3) is 32.3 Å². The van der Waals surface area contributed by atoms with Crippen molar-refractivity contribution in [3.63, 3.8) is 0 Å². The number of para-hydroxylation sites is 2. The fourth-order valence-corrected chi connectivity index (χ4v) is 11.4. The highest BCUT2D eigenvalue weighted by Gasteiger charge is 2.32. The maximum Gasteiger partial charge on any atom is 0.0628 e. The summed E-state index contributed by atoms with van der Waals surface area (Å²) in [5, 5.41) is 8.41. The molecule has 2 unspecified atom stereocenters. The van der Waals surface area contributed by atoms with E-state index in [2.05, 4.69) is 192 Å². The molecule has 0 aromatic heterocycles. The molecule has 7 aromatic carbocycles. The maximum absolute atomic E-state index is 2.63. The number of hydrogen-bond acceptors (Lipinski definition) is 2. The fraction of sp³-hybridized carbons (Fsp3) is 0.241. The topological polar surface area (TPSA) is 6.48 Å². The van der Waals surface area contributed by atoms with Gasteiger partial charge in [0.05, 0.1) is 11.7 Å². The Labute approximate surface area is 355 Å². The average molecular weight is 779 g/mol. The average Bonchev–Trinajstić information content (AvgIpc) is 3.32. The molecule has 2 nitrogen and oxygen atoms in total. The van der Waals surface area contributed by atoms with Gasteiger partial charge in [0.2, 0.25) is 0 Å². The van der Waals surface area contributed by atoms with Crippen LogP contribution in [0.5, 0.6) is 0 Å². The van der Waals surface area contributed by atoms with Gasteiger partial charge < -0.3 is 9.80 Å². The van der Waals surface area contributed by atoms with Crippen molar-refractivity contribution in [2.45, 2.75) is 82.1 Å². The second kappa shape index (κ2) is 16.1. The highest BCUT2D eigenvalue weighted by molar-refractivity contribution is 6.09. The summed E-state index contributed by atoms with van der Waals surface area (Å²) in [6, 6.07) is 53.1. The third-order valence-electron chi connectivity index (χ3n) is 14.2. The lowest BCUT2D eigenvalue weighted by molar-refractivity contribution is 0.445. The Balaban J connectivity index is 1.19. The first-order chi connectivity index (χ1) is 29.8. The molecule has 2 fully saturated rings. The molecule has 2 saturated carbocycles. The van der Waals surface area contributed by atoms with Gasteiger partial charge in [0.15, 0.2) is 0 Å². The summed E-state index contributed by atoms with van der Waals surface area (Å²) in [6.07, 6.45) is 29.0. The fourth-order valence-electron chi connectivity index (χ4n) is 11.4. The molecule has 0 heterocycles. The first kappa shape index (κ1) is 36.9. The number of rotatable bonds is 8. The monoisotopic (exact) mass is 778 g/mol. The van der Waals surface area contributed by atoms with Gasteiger partial charge in [-0.15, -0.1) is 0 Å². The predicted octanol–water partition coefficient (Wildman–Crippen LogP) is 16.5.